The summed E-state index contributed by atoms with van der Waals surface area (Å²) in [6, 6.07) is 8.02. The summed E-state index contributed by atoms with van der Waals surface area (Å²) in [7, 11) is 0. The van der Waals surface area contributed by atoms with Crippen LogP contribution in [0.2, 0.25) is 0 Å². The molecule has 1 aromatic rings. The molecule has 0 aliphatic carbocycles. The predicted octanol–water partition coefficient (Wildman–Crippen LogP) is 2.14. The summed E-state index contributed by atoms with van der Waals surface area (Å²) in [4.78, 5) is 13.3. The van der Waals surface area contributed by atoms with Gasteiger partial charge in [-0.05, 0) is 30.7 Å². The van der Waals surface area contributed by atoms with Gasteiger partial charge in [-0.2, -0.15) is 0 Å². The summed E-state index contributed by atoms with van der Waals surface area (Å²) < 4.78 is 5.04. The molecule has 1 amide bonds. The number of carbonyl (C=O) groups is 1. The summed E-state index contributed by atoms with van der Waals surface area (Å²) in [5.41, 5.74) is 2.10. The van der Waals surface area contributed by atoms with Gasteiger partial charge >= 0.3 is 6.09 Å². The fourth-order valence-corrected chi connectivity index (χ4v) is 1.89. The van der Waals surface area contributed by atoms with Crippen LogP contribution in [0.5, 0.6) is 0 Å². The molecule has 0 spiro atoms. The van der Waals surface area contributed by atoms with Gasteiger partial charge in [-0.3, -0.25) is 4.90 Å². The van der Waals surface area contributed by atoms with E-state index in [4.69, 9.17) is 4.74 Å². The van der Waals surface area contributed by atoms with Gasteiger partial charge in [0.1, 0.15) is 0 Å². The molecule has 0 bridgehead atoms. The van der Waals surface area contributed by atoms with E-state index in [1.54, 1.807) is 4.90 Å². The van der Waals surface area contributed by atoms with E-state index in [2.05, 4.69) is 18.3 Å². The van der Waals surface area contributed by atoms with Crippen LogP contribution >= 0.6 is 0 Å². The molecule has 4 nitrogen and oxygen atoms in total. The molecule has 1 aliphatic heterocycles. The van der Waals surface area contributed by atoms with E-state index in [0.717, 1.165) is 31.7 Å². The van der Waals surface area contributed by atoms with Crippen LogP contribution in [-0.4, -0.2) is 25.8 Å². The minimum absolute atomic E-state index is 0.239. The van der Waals surface area contributed by atoms with Crippen LogP contribution in [0.3, 0.4) is 0 Å². The Kier molecular flexibility index (Phi) is 3.98. The molecule has 17 heavy (non-hydrogen) atoms. The molecule has 0 radical (unpaired) electrons. The number of anilines is 1. The number of hydrogen-bond acceptors (Lipinski definition) is 3. The molecule has 1 heterocycles. The van der Waals surface area contributed by atoms with Crippen molar-refractivity contribution >= 4 is 11.8 Å². The van der Waals surface area contributed by atoms with E-state index in [0.29, 0.717) is 6.61 Å². The zero-order valence-electron chi connectivity index (χ0n) is 10.1. The van der Waals surface area contributed by atoms with Crippen molar-refractivity contribution in [2.24, 2.45) is 0 Å². The van der Waals surface area contributed by atoms with Crippen LogP contribution in [-0.2, 0) is 11.3 Å². The van der Waals surface area contributed by atoms with Crippen molar-refractivity contribution in [1.29, 1.82) is 0 Å². The third kappa shape index (κ3) is 2.97. The van der Waals surface area contributed by atoms with Crippen LogP contribution in [0.1, 0.15) is 18.9 Å². The number of carbonyl (C=O) groups excluding carboxylic acids is 1. The minimum Gasteiger partial charge on any atom is -0.449 e. The second-order valence-corrected chi connectivity index (χ2v) is 4.07. The van der Waals surface area contributed by atoms with E-state index < -0.39 is 0 Å². The average molecular weight is 234 g/mol. The lowest BCUT2D eigenvalue weighted by Gasteiger charge is -2.26. The second kappa shape index (κ2) is 5.68. The van der Waals surface area contributed by atoms with E-state index >= 15 is 0 Å². The van der Waals surface area contributed by atoms with Crippen LogP contribution < -0.4 is 10.2 Å². The molecule has 0 atom stereocenters. The van der Waals surface area contributed by atoms with Crippen molar-refractivity contribution in [3.63, 3.8) is 0 Å². The van der Waals surface area contributed by atoms with Crippen LogP contribution in [0, 0.1) is 0 Å². The largest absolute Gasteiger partial charge is 0.449 e. The van der Waals surface area contributed by atoms with Gasteiger partial charge < -0.3 is 10.1 Å². The Labute approximate surface area is 102 Å². The molecular weight excluding hydrogens is 216 g/mol. The van der Waals surface area contributed by atoms with Crippen molar-refractivity contribution < 1.29 is 9.53 Å². The maximum absolute atomic E-state index is 11.6. The van der Waals surface area contributed by atoms with Crippen molar-refractivity contribution in [2.75, 3.05) is 24.6 Å². The molecule has 1 fully saturated rings. The quantitative estimate of drug-likeness (QED) is 0.867. The lowest BCUT2D eigenvalue weighted by Crippen LogP contribution is -2.37. The molecule has 1 saturated heterocycles. The summed E-state index contributed by atoms with van der Waals surface area (Å²) in [5, 5.41) is 3.27. The number of hydrogen-bond donors (Lipinski definition) is 1. The standard InChI is InChI=1S/C13H18N2O2/c1-2-14-10-11-5-3-6-12(9-11)15-7-4-8-17-13(15)16/h3,5-6,9,14H,2,4,7-8,10H2,1H3. The first-order valence-corrected chi connectivity index (χ1v) is 6.05. The minimum atomic E-state index is -0.239. The van der Waals surface area contributed by atoms with Crippen molar-refractivity contribution in [1.82, 2.24) is 5.32 Å². The Morgan fingerprint density at radius 1 is 1.47 bits per heavy atom. The zero-order valence-corrected chi connectivity index (χ0v) is 10.1. The summed E-state index contributed by atoms with van der Waals surface area (Å²) >= 11 is 0. The number of benzene rings is 1. The van der Waals surface area contributed by atoms with Gasteiger partial charge in [-0.25, -0.2) is 4.79 Å². The van der Waals surface area contributed by atoms with E-state index in [1.807, 2.05) is 18.2 Å². The topological polar surface area (TPSA) is 41.6 Å². The number of amides is 1. The summed E-state index contributed by atoms with van der Waals surface area (Å²) in [5.74, 6) is 0. The molecule has 4 heteroatoms. The van der Waals surface area contributed by atoms with Crippen molar-refractivity contribution in [3.05, 3.63) is 29.8 Å². The highest BCUT2D eigenvalue weighted by atomic mass is 16.6. The summed E-state index contributed by atoms with van der Waals surface area (Å²) in [6.07, 6.45) is 0.653. The zero-order chi connectivity index (χ0) is 12.1. The Bertz CT molecular complexity index is 393. The van der Waals surface area contributed by atoms with Gasteiger partial charge in [0.15, 0.2) is 0 Å². The molecule has 1 aromatic carbocycles. The first-order valence-electron chi connectivity index (χ1n) is 6.05. The first-order chi connectivity index (χ1) is 8.31. The van der Waals surface area contributed by atoms with Gasteiger partial charge in [0.25, 0.3) is 0 Å². The molecular formula is C13H18N2O2. The highest BCUT2D eigenvalue weighted by Crippen LogP contribution is 2.19. The fourth-order valence-electron chi connectivity index (χ4n) is 1.89. The van der Waals surface area contributed by atoms with Crippen LogP contribution in [0.4, 0.5) is 10.5 Å². The lowest BCUT2D eigenvalue weighted by atomic mass is 10.2. The number of rotatable bonds is 4. The van der Waals surface area contributed by atoms with Gasteiger partial charge in [0.2, 0.25) is 0 Å². The lowest BCUT2D eigenvalue weighted by molar-refractivity contribution is 0.140. The molecule has 0 unspecified atom stereocenters. The van der Waals surface area contributed by atoms with Gasteiger partial charge in [-0.1, -0.05) is 19.1 Å². The smallest absolute Gasteiger partial charge is 0.414 e. The van der Waals surface area contributed by atoms with Crippen molar-refractivity contribution in [2.45, 2.75) is 19.9 Å². The number of nitrogens with one attached hydrogen (secondary N) is 1. The van der Waals surface area contributed by atoms with Crippen molar-refractivity contribution in [3.8, 4) is 0 Å². The van der Waals surface area contributed by atoms with E-state index in [1.165, 1.54) is 5.56 Å². The number of nitrogens with zero attached hydrogens (tertiary/aromatic N) is 1. The Morgan fingerprint density at radius 2 is 2.35 bits per heavy atom. The SMILES string of the molecule is CCNCc1cccc(N2CCCOC2=O)c1. The average Bonchev–Trinajstić information content (AvgIpc) is 2.37. The van der Waals surface area contributed by atoms with Gasteiger partial charge in [0, 0.05) is 18.8 Å². The predicted molar refractivity (Wildman–Crippen MR) is 67.1 cm³/mol. The molecule has 1 N–H and O–H groups in total. The van der Waals surface area contributed by atoms with E-state index in [9.17, 15) is 4.79 Å². The Hall–Kier alpha value is -1.55. The van der Waals surface area contributed by atoms with E-state index in [-0.39, 0.29) is 6.09 Å². The van der Waals surface area contributed by atoms with Crippen LogP contribution in [0.15, 0.2) is 24.3 Å². The third-order valence-corrected chi connectivity index (χ3v) is 2.77. The first kappa shape index (κ1) is 11.9. The maximum atomic E-state index is 11.6. The second-order valence-electron chi connectivity index (χ2n) is 4.07. The molecule has 92 valence electrons. The Balaban J connectivity index is 2.11. The van der Waals surface area contributed by atoms with Crippen LogP contribution in [0.25, 0.3) is 0 Å². The molecule has 0 aromatic heterocycles. The Morgan fingerprint density at radius 3 is 3.12 bits per heavy atom. The fraction of sp³-hybridized carbons (Fsp3) is 0.462. The highest BCUT2D eigenvalue weighted by Gasteiger charge is 2.21. The molecule has 1 aliphatic rings. The molecule has 0 saturated carbocycles. The highest BCUT2D eigenvalue weighted by molar-refractivity contribution is 5.88. The number of ether oxygens (including phenoxy) is 1. The summed E-state index contributed by atoms with van der Waals surface area (Å²) in [6.45, 7) is 5.12. The molecule has 2 rings (SSSR count). The number of cyclic esters (lactones) is 1. The maximum Gasteiger partial charge on any atom is 0.414 e. The monoisotopic (exact) mass is 234 g/mol. The third-order valence-electron chi connectivity index (χ3n) is 2.77. The van der Waals surface area contributed by atoms with Gasteiger partial charge in [0.05, 0.1) is 6.61 Å². The van der Waals surface area contributed by atoms with Gasteiger partial charge in [-0.15, -0.1) is 0 Å². The normalized spacial score (nSPS) is 15.8.